The molecule has 1 fully saturated rings. The van der Waals surface area contributed by atoms with Gasteiger partial charge in [0, 0.05) is 30.8 Å². The Hall–Kier alpha value is -2.69. The summed E-state index contributed by atoms with van der Waals surface area (Å²) in [6.07, 6.45) is 0.959. The minimum atomic E-state index is 0.609. The molecule has 1 heterocycles. The Morgan fingerprint density at radius 3 is 2.55 bits per heavy atom. The first-order valence-electron chi connectivity index (χ1n) is 10.4. The Morgan fingerprint density at radius 1 is 0.966 bits per heavy atom. The molecule has 0 spiro atoms. The summed E-state index contributed by atoms with van der Waals surface area (Å²) in [6, 6.07) is 23.2. The van der Waals surface area contributed by atoms with Crippen molar-refractivity contribution in [2.75, 3.05) is 39.5 Å². The first-order chi connectivity index (χ1) is 14.3. The molecule has 0 bridgehead atoms. The smallest absolute Gasteiger partial charge is 0.118 e. The van der Waals surface area contributed by atoms with Gasteiger partial charge in [-0.25, -0.2) is 0 Å². The van der Waals surface area contributed by atoms with E-state index in [1.54, 1.807) is 0 Å². The van der Waals surface area contributed by atoms with Gasteiger partial charge in [-0.15, -0.1) is 0 Å². The van der Waals surface area contributed by atoms with Crippen molar-refractivity contribution in [3.63, 3.8) is 0 Å². The Morgan fingerprint density at radius 2 is 1.72 bits per heavy atom. The molecular formula is C25H28N2O2. The average Bonchev–Trinajstić information content (AvgIpc) is 2.78. The predicted molar refractivity (Wildman–Crippen MR) is 119 cm³/mol. The molecule has 0 unspecified atom stereocenters. The molecule has 0 aromatic heterocycles. The highest BCUT2D eigenvalue weighted by molar-refractivity contribution is 6.19. The van der Waals surface area contributed by atoms with Crippen LogP contribution in [0, 0.1) is 6.92 Å². The van der Waals surface area contributed by atoms with Crippen LogP contribution in [0.25, 0.3) is 10.8 Å². The van der Waals surface area contributed by atoms with Crippen molar-refractivity contribution in [2.24, 2.45) is 5.16 Å². The summed E-state index contributed by atoms with van der Waals surface area (Å²) in [4.78, 5) is 8.22. The van der Waals surface area contributed by atoms with Gasteiger partial charge in [0.05, 0.1) is 13.2 Å². The molecule has 1 aliphatic heterocycles. The lowest BCUT2D eigenvalue weighted by Crippen LogP contribution is -2.37. The van der Waals surface area contributed by atoms with Crippen molar-refractivity contribution in [1.82, 2.24) is 4.90 Å². The molecule has 0 aliphatic carbocycles. The Labute approximate surface area is 172 Å². The van der Waals surface area contributed by atoms with Crippen molar-refractivity contribution in [3.8, 4) is 0 Å². The highest BCUT2D eigenvalue weighted by atomic mass is 16.6. The molecule has 4 nitrogen and oxygen atoms in total. The van der Waals surface area contributed by atoms with Crippen LogP contribution in [0.1, 0.15) is 23.1 Å². The van der Waals surface area contributed by atoms with Crippen LogP contribution in [-0.4, -0.2) is 50.1 Å². The summed E-state index contributed by atoms with van der Waals surface area (Å²) in [5, 5.41) is 6.99. The number of morpholine rings is 1. The average molecular weight is 389 g/mol. The summed E-state index contributed by atoms with van der Waals surface area (Å²) < 4.78 is 5.41. The van der Waals surface area contributed by atoms with Gasteiger partial charge in [-0.2, -0.15) is 0 Å². The quantitative estimate of drug-likeness (QED) is 0.336. The lowest BCUT2D eigenvalue weighted by atomic mass is 9.96. The number of aryl methyl sites for hydroxylation is 1. The first kappa shape index (κ1) is 19.6. The van der Waals surface area contributed by atoms with Gasteiger partial charge in [0.25, 0.3) is 0 Å². The second-order valence-corrected chi connectivity index (χ2v) is 7.47. The number of rotatable bonds is 7. The highest BCUT2D eigenvalue weighted by Crippen LogP contribution is 2.22. The fraction of sp³-hybridized carbons (Fsp3) is 0.320. The maximum Gasteiger partial charge on any atom is 0.118 e. The van der Waals surface area contributed by atoms with Gasteiger partial charge >= 0.3 is 0 Å². The molecule has 0 amide bonds. The van der Waals surface area contributed by atoms with Crippen molar-refractivity contribution < 1.29 is 9.57 Å². The lowest BCUT2D eigenvalue weighted by molar-refractivity contribution is 0.0323. The fourth-order valence-corrected chi connectivity index (χ4v) is 3.69. The van der Waals surface area contributed by atoms with E-state index in [0.29, 0.717) is 6.61 Å². The van der Waals surface area contributed by atoms with E-state index < -0.39 is 0 Å². The molecule has 0 radical (unpaired) electrons. The van der Waals surface area contributed by atoms with Gasteiger partial charge in [0.1, 0.15) is 12.3 Å². The van der Waals surface area contributed by atoms with E-state index >= 15 is 0 Å². The van der Waals surface area contributed by atoms with Crippen LogP contribution < -0.4 is 0 Å². The summed E-state index contributed by atoms with van der Waals surface area (Å²) >= 11 is 0. The Balaban J connectivity index is 1.53. The third-order valence-electron chi connectivity index (χ3n) is 5.34. The number of hydrogen-bond donors (Lipinski definition) is 0. The third-order valence-corrected chi connectivity index (χ3v) is 5.34. The van der Waals surface area contributed by atoms with Crippen LogP contribution in [0.3, 0.4) is 0 Å². The van der Waals surface area contributed by atoms with Gasteiger partial charge in [-0.05, 0) is 24.1 Å². The molecule has 3 aromatic rings. The molecule has 150 valence electrons. The molecule has 0 atom stereocenters. The second-order valence-electron chi connectivity index (χ2n) is 7.47. The number of ether oxygens (including phenoxy) is 1. The van der Waals surface area contributed by atoms with Crippen LogP contribution in [0.15, 0.2) is 71.9 Å². The molecule has 4 rings (SSSR count). The summed E-state index contributed by atoms with van der Waals surface area (Å²) in [6.45, 7) is 7.41. The zero-order chi connectivity index (χ0) is 19.9. The van der Waals surface area contributed by atoms with E-state index in [1.165, 1.54) is 16.3 Å². The zero-order valence-electron chi connectivity index (χ0n) is 17.0. The summed E-state index contributed by atoms with van der Waals surface area (Å²) in [5.74, 6) is 0. The van der Waals surface area contributed by atoms with Crippen LogP contribution in [-0.2, 0) is 9.57 Å². The first-order valence-corrected chi connectivity index (χ1v) is 10.4. The number of fused-ring (bicyclic) bond motifs is 1. The van der Waals surface area contributed by atoms with Crippen molar-refractivity contribution in [2.45, 2.75) is 13.3 Å². The van der Waals surface area contributed by atoms with Crippen molar-refractivity contribution in [1.29, 1.82) is 0 Å². The van der Waals surface area contributed by atoms with E-state index in [-0.39, 0.29) is 0 Å². The van der Waals surface area contributed by atoms with Crippen LogP contribution in [0.5, 0.6) is 0 Å². The van der Waals surface area contributed by atoms with E-state index in [0.717, 1.165) is 56.1 Å². The largest absolute Gasteiger partial charge is 0.395 e. The van der Waals surface area contributed by atoms with Crippen LogP contribution in [0.4, 0.5) is 0 Å². The Kier molecular flexibility index (Phi) is 6.55. The standard InChI is InChI=1S/C25H28N2O2/c1-20-10-12-22(13-11-20)25(24-9-4-7-21-6-2-3-8-23(21)24)26-29-17-5-14-27-15-18-28-19-16-27/h2-4,6-13H,5,14-19H2,1H3. The molecule has 0 N–H and O–H groups in total. The maximum atomic E-state index is 5.80. The summed E-state index contributed by atoms with van der Waals surface area (Å²) in [5.41, 5.74) is 4.28. The molecule has 0 saturated carbocycles. The fourth-order valence-electron chi connectivity index (χ4n) is 3.69. The minimum Gasteiger partial charge on any atom is -0.395 e. The van der Waals surface area contributed by atoms with Gasteiger partial charge in [0.15, 0.2) is 0 Å². The van der Waals surface area contributed by atoms with Gasteiger partial charge < -0.3 is 9.57 Å². The van der Waals surface area contributed by atoms with Gasteiger partial charge in [-0.3, -0.25) is 4.90 Å². The number of benzene rings is 3. The maximum absolute atomic E-state index is 5.80. The number of oxime groups is 1. The molecule has 4 heteroatoms. The van der Waals surface area contributed by atoms with Crippen molar-refractivity contribution >= 4 is 16.5 Å². The molecule has 29 heavy (non-hydrogen) atoms. The normalized spacial score (nSPS) is 15.6. The van der Waals surface area contributed by atoms with Crippen molar-refractivity contribution in [3.05, 3.63) is 83.4 Å². The highest BCUT2D eigenvalue weighted by Gasteiger charge is 2.12. The van der Waals surface area contributed by atoms with Gasteiger partial charge in [-0.1, -0.05) is 77.4 Å². The monoisotopic (exact) mass is 388 g/mol. The minimum absolute atomic E-state index is 0.609. The van der Waals surface area contributed by atoms with Crippen LogP contribution in [0.2, 0.25) is 0 Å². The van der Waals surface area contributed by atoms with E-state index in [4.69, 9.17) is 9.57 Å². The van der Waals surface area contributed by atoms with E-state index in [1.807, 2.05) is 0 Å². The Bertz CT molecular complexity index is 955. The SMILES string of the molecule is Cc1ccc(C(=NOCCCN2CCOCC2)c2cccc3ccccc23)cc1. The molecular weight excluding hydrogens is 360 g/mol. The number of hydrogen-bond acceptors (Lipinski definition) is 4. The second kappa shape index (κ2) is 9.68. The molecule has 1 saturated heterocycles. The van der Waals surface area contributed by atoms with E-state index in [9.17, 15) is 0 Å². The zero-order valence-corrected chi connectivity index (χ0v) is 17.0. The lowest BCUT2D eigenvalue weighted by Gasteiger charge is -2.26. The van der Waals surface area contributed by atoms with Gasteiger partial charge in [0.2, 0.25) is 0 Å². The molecule has 3 aromatic carbocycles. The van der Waals surface area contributed by atoms with Crippen LogP contribution >= 0.6 is 0 Å². The molecule has 1 aliphatic rings. The number of nitrogens with zero attached hydrogens (tertiary/aromatic N) is 2. The summed E-state index contributed by atoms with van der Waals surface area (Å²) in [7, 11) is 0. The predicted octanol–water partition coefficient (Wildman–Crippen LogP) is 4.64. The van der Waals surface area contributed by atoms with E-state index in [2.05, 4.69) is 83.7 Å². The topological polar surface area (TPSA) is 34.1 Å². The third kappa shape index (κ3) is 5.03.